The van der Waals surface area contributed by atoms with Gasteiger partial charge in [-0.25, -0.2) is 4.79 Å². The summed E-state index contributed by atoms with van der Waals surface area (Å²) in [5.41, 5.74) is 0.759. The fourth-order valence-corrected chi connectivity index (χ4v) is 1.14. The quantitative estimate of drug-likeness (QED) is 0.623. The third-order valence-electron chi connectivity index (χ3n) is 1.90. The van der Waals surface area contributed by atoms with Crippen LogP contribution in [0, 0.1) is 0 Å². The lowest BCUT2D eigenvalue weighted by atomic mass is 10.1. The van der Waals surface area contributed by atoms with Crippen molar-refractivity contribution in [2.24, 2.45) is 0 Å². The monoisotopic (exact) mass is 169 g/mol. The Kier molecular flexibility index (Phi) is 3.29. The second-order valence-electron chi connectivity index (χ2n) is 2.97. The largest absolute Gasteiger partial charge is 0.463 e. The van der Waals surface area contributed by atoms with Gasteiger partial charge in [0.25, 0.3) is 0 Å². The molecule has 0 saturated heterocycles. The first-order valence-electron chi connectivity index (χ1n) is 4.33. The summed E-state index contributed by atoms with van der Waals surface area (Å²) in [7, 11) is 0. The minimum atomic E-state index is -0.183. The molecule has 0 aromatic heterocycles. The lowest BCUT2D eigenvalue weighted by Crippen LogP contribution is -2.33. The Labute approximate surface area is 72.8 Å². The number of hydrogen-bond acceptors (Lipinski definition) is 3. The van der Waals surface area contributed by atoms with Crippen molar-refractivity contribution in [2.45, 2.75) is 26.3 Å². The van der Waals surface area contributed by atoms with E-state index in [0.717, 1.165) is 12.0 Å². The van der Waals surface area contributed by atoms with Crippen LogP contribution in [0.25, 0.3) is 0 Å². The maximum absolute atomic E-state index is 11.2. The molecular formula is C9H15NO2. The zero-order valence-corrected chi connectivity index (χ0v) is 7.59. The van der Waals surface area contributed by atoms with E-state index in [1.165, 1.54) is 0 Å². The van der Waals surface area contributed by atoms with Crippen LogP contribution >= 0.6 is 0 Å². The average Bonchev–Trinajstić information content (AvgIpc) is 2.06. The van der Waals surface area contributed by atoms with E-state index < -0.39 is 0 Å². The van der Waals surface area contributed by atoms with E-state index in [-0.39, 0.29) is 5.97 Å². The molecule has 0 spiro atoms. The van der Waals surface area contributed by atoms with E-state index in [1.807, 2.05) is 13.0 Å². The number of ether oxygens (including phenoxy) is 1. The van der Waals surface area contributed by atoms with Gasteiger partial charge < -0.3 is 10.1 Å². The molecule has 0 radical (unpaired) electrons. The van der Waals surface area contributed by atoms with Gasteiger partial charge in [-0.2, -0.15) is 0 Å². The molecule has 0 aliphatic carbocycles. The highest BCUT2D eigenvalue weighted by Crippen LogP contribution is 2.07. The molecule has 3 heteroatoms. The molecule has 1 atom stereocenters. The van der Waals surface area contributed by atoms with Crippen molar-refractivity contribution >= 4 is 5.97 Å². The molecule has 1 aliphatic rings. The highest BCUT2D eigenvalue weighted by Gasteiger charge is 2.15. The van der Waals surface area contributed by atoms with Crippen LogP contribution in [0.4, 0.5) is 0 Å². The van der Waals surface area contributed by atoms with E-state index in [9.17, 15) is 4.79 Å². The van der Waals surface area contributed by atoms with E-state index >= 15 is 0 Å². The molecule has 1 rings (SSSR count). The molecule has 68 valence electrons. The Hall–Kier alpha value is -0.830. The van der Waals surface area contributed by atoms with Crippen molar-refractivity contribution in [3.8, 4) is 0 Å². The van der Waals surface area contributed by atoms with Gasteiger partial charge >= 0.3 is 5.97 Å². The Morgan fingerprint density at radius 3 is 3.08 bits per heavy atom. The Morgan fingerprint density at radius 1 is 1.83 bits per heavy atom. The van der Waals surface area contributed by atoms with Gasteiger partial charge in [0.05, 0.1) is 6.61 Å². The summed E-state index contributed by atoms with van der Waals surface area (Å²) >= 11 is 0. The molecule has 0 aromatic rings. The molecule has 3 nitrogen and oxygen atoms in total. The van der Waals surface area contributed by atoms with Crippen LogP contribution in [0.3, 0.4) is 0 Å². The minimum absolute atomic E-state index is 0.183. The smallest absolute Gasteiger partial charge is 0.334 e. The summed E-state index contributed by atoms with van der Waals surface area (Å²) in [5, 5.41) is 3.20. The van der Waals surface area contributed by atoms with Gasteiger partial charge in [-0.1, -0.05) is 6.08 Å². The van der Waals surface area contributed by atoms with Crippen LogP contribution in [0.15, 0.2) is 11.6 Å². The highest BCUT2D eigenvalue weighted by molar-refractivity contribution is 5.89. The van der Waals surface area contributed by atoms with Crippen LogP contribution in [-0.2, 0) is 9.53 Å². The Balaban J connectivity index is 2.47. The summed E-state index contributed by atoms with van der Waals surface area (Å²) in [6, 6.07) is 0.475. The van der Waals surface area contributed by atoms with Gasteiger partial charge in [-0.05, 0) is 20.3 Å². The molecule has 0 aromatic carbocycles. The van der Waals surface area contributed by atoms with E-state index in [4.69, 9.17) is 4.74 Å². The number of carbonyl (C=O) groups is 1. The second kappa shape index (κ2) is 4.26. The second-order valence-corrected chi connectivity index (χ2v) is 2.97. The molecular weight excluding hydrogens is 154 g/mol. The first kappa shape index (κ1) is 9.26. The Morgan fingerprint density at radius 2 is 2.58 bits per heavy atom. The minimum Gasteiger partial charge on any atom is -0.463 e. The lowest BCUT2D eigenvalue weighted by Gasteiger charge is -2.18. The molecule has 0 bridgehead atoms. The van der Waals surface area contributed by atoms with Crippen molar-refractivity contribution in [1.82, 2.24) is 5.32 Å². The molecule has 1 heterocycles. The van der Waals surface area contributed by atoms with Gasteiger partial charge in [0.15, 0.2) is 0 Å². The third-order valence-corrected chi connectivity index (χ3v) is 1.90. The molecule has 12 heavy (non-hydrogen) atoms. The van der Waals surface area contributed by atoms with Gasteiger partial charge in [-0.15, -0.1) is 0 Å². The first-order chi connectivity index (χ1) is 5.74. The topological polar surface area (TPSA) is 38.3 Å². The van der Waals surface area contributed by atoms with E-state index in [1.54, 1.807) is 0 Å². The fourth-order valence-electron chi connectivity index (χ4n) is 1.14. The molecule has 0 fully saturated rings. The summed E-state index contributed by atoms with van der Waals surface area (Å²) < 4.78 is 4.87. The summed E-state index contributed by atoms with van der Waals surface area (Å²) in [6.07, 6.45) is 2.87. The third kappa shape index (κ3) is 2.34. The number of esters is 1. The zero-order valence-electron chi connectivity index (χ0n) is 7.59. The van der Waals surface area contributed by atoms with Crippen molar-refractivity contribution in [2.75, 3.05) is 13.2 Å². The SMILES string of the molecule is CCOC(=O)C1=CC[C@@H](C)NC1. The van der Waals surface area contributed by atoms with Crippen molar-refractivity contribution in [1.29, 1.82) is 0 Å². The average molecular weight is 169 g/mol. The van der Waals surface area contributed by atoms with Crippen LogP contribution in [0.2, 0.25) is 0 Å². The molecule has 0 amide bonds. The van der Waals surface area contributed by atoms with Crippen molar-refractivity contribution in [3.05, 3.63) is 11.6 Å². The fraction of sp³-hybridized carbons (Fsp3) is 0.667. The lowest BCUT2D eigenvalue weighted by molar-refractivity contribution is -0.138. The van der Waals surface area contributed by atoms with Crippen LogP contribution in [0.1, 0.15) is 20.3 Å². The van der Waals surface area contributed by atoms with Crippen LogP contribution in [0.5, 0.6) is 0 Å². The standard InChI is InChI=1S/C9H15NO2/c1-3-12-9(11)8-5-4-7(2)10-6-8/h5,7,10H,3-4,6H2,1-2H3/t7-/m1/s1. The number of nitrogens with one attached hydrogen (secondary N) is 1. The van der Waals surface area contributed by atoms with Crippen LogP contribution < -0.4 is 5.32 Å². The number of carbonyl (C=O) groups excluding carboxylic acids is 1. The van der Waals surface area contributed by atoms with Gasteiger partial charge in [0.2, 0.25) is 0 Å². The normalized spacial score (nSPS) is 23.2. The van der Waals surface area contributed by atoms with E-state index in [0.29, 0.717) is 19.2 Å². The van der Waals surface area contributed by atoms with Crippen molar-refractivity contribution < 1.29 is 9.53 Å². The maximum Gasteiger partial charge on any atom is 0.334 e. The highest BCUT2D eigenvalue weighted by atomic mass is 16.5. The van der Waals surface area contributed by atoms with Crippen molar-refractivity contribution in [3.63, 3.8) is 0 Å². The van der Waals surface area contributed by atoms with Gasteiger partial charge in [0, 0.05) is 18.2 Å². The summed E-state index contributed by atoms with van der Waals surface area (Å²) in [5.74, 6) is -0.183. The molecule has 0 unspecified atom stereocenters. The first-order valence-corrected chi connectivity index (χ1v) is 4.33. The zero-order chi connectivity index (χ0) is 8.97. The maximum atomic E-state index is 11.2. The number of rotatable bonds is 2. The summed E-state index contributed by atoms with van der Waals surface area (Å²) in [6.45, 7) is 5.00. The Bertz CT molecular complexity index is 199. The predicted molar refractivity (Wildman–Crippen MR) is 46.8 cm³/mol. The molecule has 1 aliphatic heterocycles. The number of hydrogen-bond donors (Lipinski definition) is 1. The van der Waals surface area contributed by atoms with E-state index in [2.05, 4.69) is 12.2 Å². The van der Waals surface area contributed by atoms with Gasteiger partial charge in [0.1, 0.15) is 0 Å². The van der Waals surface area contributed by atoms with Crippen LogP contribution in [-0.4, -0.2) is 25.2 Å². The molecule has 0 saturated carbocycles. The summed E-state index contributed by atoms with van der Waals surface area (Å²) in [4.78, 5) is 11.2. The predicted octanol–water partition coefficient (Wildman–Crippen LogP) is 0.858. The molecule has 1 N–H and O–H groups in total. The van der Waals surface area contributed by atoms with Gasteiger partial charge in [-0.3, -0.25) is 0 Å².